The first-order chi connectivity index (χ1) is 62.4. The molecule has 6 aliphatic rings. The number of aromatic amines is 4. The Morgan fingerprint density at radius 1 is 0.391 bits per heavy atom. The number of carboxylic acid groups (broad SMARTS) is 1. The molecule has 6 fully saturated rings. The van der Waals surface area contributed by atoms with Crippen molar-refractivity contribution >= 4 is 77.1 Å². The van der Waals surface area contributed by atoms with Crippen LogP contribution in [0, 0.1) is 34.6 Å². The zero-order valence-corrected chi connectivity index (χ0v) is 70.5. The van der Waals surface area contributed by atoms with Gasteiger partial charge in [0.2, 0.25) is 0 Å². The van der Waals surface area contributed by atoms with E-state index in [2.05, 4.69) is 68.2 Å². The first-order valence-corrected chi connectivity index (χ1v) is 42.2. The Balaban J connectivity index is 0.000000140. The first kappa shape index (κ1) is 91.7. The van der Waals surface area contributed by atoms with Crippen molar-refractivity contribution in [2.24, 2.45) is 11.8 Å². The molecule has 6 aliphatic heterocycles. The molecule has 7 amide bonds. The van der Waals surface area contributed by atoms with Gasteiger partial charge in [-0.05, 0) is 104 Å². The summed E-state index contributed by atoms with van der Waals surface area (Å²) < 4.78 is 21.1. The Hall–Kier alpha value is -15.5. The van der Waals surface area contributed by atoms with E-state index in [1.54, 1.807) is 51.1 Å². The zero-order valence-electron chi connectivity index (χ0n) is 70.5. The molecule has 10 heterocycles. The SMILES string of the molecule is N#CCC(=O)C1CCN(C(=O)OCc2ccccc2)C1.N#CN1CCC(c2cc(NC(=O)c3ccccc3)n[nH]2)C1.Nc1cc(C2CCN(C(=O)OCc3ccccc3)C2)[nH]n1.O=C(Nc1cc(C2CCN(C(=O)OCc3ccccc3)C2)[nH]n1)c1ccccc1.O=C(Nc1cc(C2CCNC2)[nH]n1)c1ccccc1.O=C(O)C1CCN(C(=O)OCc2ccccc2)C1. The number of ether oxygens (including phenoxy) is 4. The number of carbonyl (C=O) groups excluding carboxylic acids is 8. The van der Waals surface area contributed by atoms with Gasteiger partial charge in [-0.15, -0.1) is 0 Å². The van der Waals surface area contributed by atoms with Crippen LogP contribution < -0.4 is 27.0 Å². The minimum atomic E-state index is -0.853. The van der Waals surface area contributed by atoms with Crippen molar-refractivity contribution in [3.63, 3.8) is 0 Å². The predicted molar refractivity (Wildman–Crippen MR) is 473 cm³/mol. The number of H-pyrrole nitrogens is 4. The number of aliphatic carboxylic acids is 1. The summed E-state index contributed by atoms with van der Waals surface area (Å²) in [4.78, 5) is 115. The summed E-state index contributed by atoms with van der Waals surface area (Å²) in [6.45, 7) is 8.55. The maximum Gasteiger partial charge on any atom is 0.410 e. The average Bonchev–Trinajstić information content (AvgIpc) is 1.71. The Morgan fingerprint density at radius 3 is 1.04 bits per heavy atom. The van der Waals surface area contributed by atoms with Crippen LogP contribution in [0.4, 0.5) is 42.4 Å². The number of anilines is 4. The number of rotatable bonds is 21. The van der Waals surface area contributed by atoms with Crippen LogP contribution in [-0.4, -0.2) is 203 Å². The van der Waals surface area contributed by atoms with Crippen molar-refractivity contribution in [3.8, 4) is 12.3 Å². The predicted octanol–water partition coefficient (Wildman–Crippen LogP) is 13.4. The lowest BCUT2D eigenvalue weighted by Crippen LogP contribution is -2.30. The fourth-order valence-electron chi connectivity index (χ4n) is 14.9. The third-order valence-electron chi connectivity index (χ3n) is 22.1. The Morgan fingerprint density at radius 2 is 0.711 bits per heavy atom. The minimum absolute atomic E-state index is 0.0857. The lowest BCUT2D eigenvalue weighted by Gasteiger charge is -2.16. The van der Waals surface area contributed by atoms with Crippen molar-refractivity contribution < 1.29 is 67.2 Å². The molecule has 0 saturated carbocycles. The van der Waals surface area contributed by atoms with E-state index in [9.17, 15) is 43.2 Å². The number of aromatic nitrogens is 8. The number of nitrogen functional groups attached to an aromatic ring is 1. The molecule has 0 bridgehead atoms. The van der Waals surface area contributed by atoms with Crippen molar-refractivity contribution in [1.29, 1.82) is 10.5 Å². The van der Waals surface area contributed by atoms with Crippen molar-refractivity contribution in [1.82, 2.24) is 70.6 Å². The van der Waals surface area contributed by atoms with E-state index in [4.69, 9.17) is 40.3 Å². The molecule has 11 N–H and O–H groups in total. The van der Waals surface area contributed by atoms with E-state index in [1.807, 2.05) is 206 Å². The number of amides is 7. The lowest BCUT2D eigenvalue weighted by atomic mass is 10.0. The third-order valence-corrected chi connectivity index (χ3v) is 22.1. The molecule has 0 spiro atoms. The van der Waals surface area contributed by atoms with Crippen molar-refractivity contribution in [3.05, 3.63) is 298 Å². The van der Waals surface area contributed by atoms with Gasteiger partial charge < -0.3 is 75.6 Å². The summed E-state index contributed by atoms with van der Waals surface area (Å²) in [6, 6.07) is 74.5. The molecule has 6 atom stereocenters. The van der Waals surface area contributed by atoms with Crippen molar-refractivity contribution in [2.45, 2.75) is 95.0 Å². The molecule has 11 aromatic rings. The summed E-state index contributed by atoms with van der Waals surface area (Å²) in [5.74, 6) is 0.997. The Kier molecular flexibility index (Phi) is 34.0. The number of ketones is 1. The van der Waals surface area contributed by atoms with E-state index in [0.717, 1.165) is 90.3 Å². The van der Waals surface area contributed by atoms with Gasteiger partial charge in [-0.1, -0.05) is 176 Å². The van der Waals surface area contributed by atoms with Crippen molar-refractivity contribution in [2.75, 3.05) is 100 Å². The highest BCUT2D eigenvalue weighted by Crippen LogP contribution is 2.32. The first-order valence-electron chi connectivity index (χ1n) is 42.2. The number of nitriles is 2. The highest BCUT2D eigenvalue weighted by atomic mass is 16.6. The number of hydrogen-bond acceptors (Lipinski definition) is 22. The Bertz CT molecular complexity index is 5500. The molecular weight excluding hydrogens is 1630 g/mol. The summed E-state index contributed by atoms with van der Waals surface area (Å²) in [6.07, 6.45) is 5.48. The van der Waals surface area contributed by atoms with Crippen LogP contribution in [0.1, 0.15) is 145 Å². The number of nitrogens with one attached hydrogen (secondary N) is 8. The number of likely N-dealkylation sites (tertiary alicyclic amines) is 5. The highest BCUT2D eigenvalue weighted by Gasteiger charge is 2.35. The standard InChI is InChI=1S/C22H22N4O3.C15H15N5O.C15H18N4O2.C15H16N2O3.C14H16N4O.C13H15NO4/c27-21(17-9-5-2-6-10-17)23-20-13-19(24-25-20)18-11-12-26(14-18)22(28)29-15-16-7-3-1-4-8-16;16-10-20-7-6-12(9-20)13-8-14(19-18-13)17-15(21)11-4-2-1-3-5-11;16-14-8-13(17-18-14)12-6-7-19(9-12)15(20)21-10-11-4-2-1-3-5-11;16-8-6-14(18)13-7-9-17(10-13)15(19)20-11-12-4-2-1-3-5-12;19-14(10-4-2-1-3-5-10)16-13-8-12(17-18-13)11-6-7-15-9-11;15-12(16)11-6-7-14(8-11)13(17)18-9-10-4-2-1-3-5-10/h1-10,13,18H,11-12,14-15H2,(H2,23,24,25,27);1-5,8,12H,6-7,9H2,(H2,17,18,19,21);1-5,8,12H,6-7,9-10H2,(H3,16,17,18);1-5,13H,6-7,9-11H2;1-5,8,11,15H,6-7,9H2,(H2,16,17,18,19);1-5,11H,6-9H2,(H,15,16). The van der Waals surface area contributed by atoms with Gasteiger partial charge in [0.15, 0.2) is 29.4 Å². The van der Waals surface area contributed by atoms with Gasteiger partial charge in [0.1, 0.15) is 32.2 Å². The minimum Gasteiger partial charge on any atom is -0.481 e. The van der Waals surface area contributed by atoms with E-state index in [0.29, 0.717) is 118 Å². The van der Waals surface area contributed by atoms with E-state index >= 15 is 0 Å². The fraction of sp³-hybridized carbons (Fsp3) is 0.309. The smallest absolute Gasteiger partial charge is 0.410 e. The van der Waals surface area contributed by atoms with Crippen LogP contribution in [-0.2, 0) is 55.0 Å². The van der Waals surface area contributed by atoms with Crippen LogP contribution in [0.25, 0.3) is 0 Å². The van der Waals surface area contributed by atoms with Gasteiger partial charge in [-0.3, -0.25) is 44.4 Å². The maximum atomic E-state index is 12.3. The van der Waals surface area contributed by atoms with Crippen LogP contribution in [0.5, 0.6) is 0 Å². The maximum absolute atomic E-state index is 12.3. The van der Waals surface area contributed by atoms with Crippen LogP contribution in [0.2, 0.25) is 0 Å². The number of carboxylic acids is 1. The molecule has 662 valence electrons. The lowest BCUT2D eigenvalue weighted by molar-refractivity contribution is -0.141. The monoisotopic (exact) mass is 1730 g/mol. The van der Waals surface area contributed by atoms with Gasteiger partial charge in [0, 0.05) is 165 Å². The number of nitrogens with two attached hydrogens (primary N) is 1. The van der Waals surface area contributed by atoms with Gasteiger partial charge >= 0.3 is 30.3 Å². The van der Waals surface area contributed by atoms with E-state index in [-0.39, 0.29) is 92.1 Å². The van der Waals surface area contributed by atoms with Crippen LogP contribution in [0.15, 0.2) is 237 Å². The molecule has 6 saturated heterocycles. The third kappa shape index (κ3) is 28.0. The topological polar surface area (TPSA) is 463 Å². The zero-order chi connectivity index (χ0) is 89.8. The summed E-state index contributed by atoms with van der Waals surface area (Å²) in [5, 5.41) is 66.1. The van der Waals surface area contributed by atoms with Gasteiger partial charge in [0.25, 0.3) is 17.7 Å². The van der Waals surface area contributed by atoms with Gasteiger partial charge in [-0.25, -0.2) is 19.2 Å². The second-order valence-corrected chi connectivity index (χ2v) is 31.1. The van der Waals surface area contributed by atoms with E-state index < -0.39 is 24.1 Å². The van der Waals surface area contributed by atoms with Gasteiger partial charge in [-0.2, -0.15) is 30.9 Å². The Labute approximate surface area is 739 Å². The molecule has 7 aromatic carbocycles. The quantitative estimate of drug-likeness (QED) is 0.0236. The number of hydrogen-bond donors (Lipinski definition) is 10. The molecule has 34 heteroatoms. The summed E-state index contributed by atoms with van der Waals surface area (Å²) in [5.41, 5.74) is 15.1. The molecule has 0 aliphatic carbocycles. The molecule has 128 heavy (non-hydrogen) atoms. The largest absolute Gasteiger partial charge is 0.481 e. The molecule has 4 aromatic heterocycles. The molecular formula is C94H102N20O14. The summed E-state index contributed by atoms with van der Waals surface area (Å²) in [7, 11) is 0. The second kappa shape index (κ2) is 47.4. The van der Waals surface area contributed by atoms with Crippen LogP contribution in [0.3, 0.4) is 0 Å². The molecule has 17 rings (SSSR count). The second-order valence-electron chi connectivity index (χ2n) is 31.1. The average molecular weight is 1740 g/mol. The highest BCUT2D eigenvalue weighted by molar-refractivity contribution is 6.05. The number of Topliss-reactive ketones (excluding diaryl/α,β-unsaturated/α-hetero) is 1. The molecule has 6 unspecified atom stereocenters. The number of benzene rings is 7. The number of nitrogens with zero attached hydrogens (tertiary/aromatic N) is 11. The number of carbonyl (C=O) groups is 9. The molecule has 0 radical (unpaired) electrons. The molecule has 34 nitrogen and oxygen atoms in total. The normalized spacial score (nSPS) is 17.5. The fourth-order valence-corrected chi connectivity index (χ4v) is 14.9. The summed E-state index contributed by atoms with van der Waals surface area (Å²) >= 11 is 0. The van der Waals surface area contributed by atoms with Gasteiger partial charge in [0.05, 0.1) is 18.4 Å². The van der Waals surface area contributed by atoms with E-state index in [1.165, 1.54) is 9.80 Å². The van der Waals surface area contributed by atoms with Crippen LogP contribution >= 0.6 is 0 Å².